The standard InChI is InChI=1S/C25H25NO6/c1-15-11-21(27)24(29)25(32-15)20(14-23(26)28)17-3-2-4-19(13-17)30-9-7-16-5-6-22-18(12-16)8-10-31-22/h2-6,11-13,20,29H,7-10,14H2,1H3,(H2,26,28)/t20-/m0/s1. The fraction of sp³-hybridized carbons (Fsp3) is 0.280. The van der Waals surface area contributed by atoms with Crippen molar-refractivity contribution in [2.24, 2.45) is 5.73 Å². The summed E-state index contributed by atoms with van der Waals surface area (Å²) in [7, 11) is 0. The number of carbonyl (C=O) groups is 1. The molecule has 0 radical (unpaired) electrons. The summed E-state index contributed by atoms with van der Waals surface area (Å²) in [6.45, 7) is 2.80. The quantitative estimate of drug-likeness (QED) is 0.562. The Morgan fingerprint density at radius 2 is 2.06 bits per heavy atom. The third-order valence-corrected chi connectivity index (χ3v) is 5.47. The minimum absolute atomic E-state index is 0.0197. The maximum Gasteiger partial charge on any atom is 0.227 e. The Labute approximate surface area is 185 Å². The normalized spacial score (nSPS) is 13.3. The number of aromatic hydroxyl groups is 1. The molecule has 0 unspecified atom stereocenters. The van der Waals surface area contributed by atoms with E-state index in [1.165, 1.54) is 17.2 Å². The van der Waals surface area contributed by atoms with Crippen LogP contribution in [0.15, 0.2) is 57.7 Å². The van der Waals surface area contributed by atoms with Gasteiger partial charge in [0, 0.05) is 25.3 Å². The molecule has 166 valence electrons. The first-order valence-electron chi connectivity index (χ1n) is 10.5. The molecule has 2 aromatic carbocycles. The monoisotopic (exact) mass is 435 g/mol. The Morgan fingerprint density at radius 1 is 1.22 bits per heavy atom. The largest absolute Gasteiger partial charge is 0.502 e. The zero-order valence-corrected chi connectivity index (χ0v) is 17.8. The molecular weight excluding hydrogens is 410 g/mol. The number of benzene rings is 2. The molecule has 1 atom stereocenters. The van der Waals surface area contributed by atoms with E-state index in [-0.39, 0.29) is 12.2 Å². The van der Waals surface area contributed by atoms with Crippen molar-refractivity contribution in [1.29, 1.82) is 0 Å². The van der Waals surface area contributed by atoms with Crippen LogP contribution in [-0.4, -0.2) is 24.2 Å². The number of primary amides is 1. The van der Waals surface area contributed by atoms with E-state index in [4.69, 9.17) is 19.6 Å². The minimum atomic E-state index is -0.708. The summed E-state index contributed by atoms with van der Waals surface area (Å²) < 4.78 is 17.1. The fourth-order valence-corrected chi connectivity index (χ4v) is 3.93. The molecule has 2 heterocycles. The first-order chi connectivity index (χ1) is 15.4. The Morgan fingerprint density at radius 3 is 2.88 bits per heavy atom. The molecule has 1 aromatic heterocycles. The van der Waals surface area contributed by atoms with E-state index in [1.807, 2.05) is 18.2 Å². The second-order valence-corrected chi connectivity index (χ2v) is 7.87. The number of hydrogen-bond acceptors (Lipinski definition) is 6. The van der Waals surface area contributed by atoms with E-state index < -0.39 is 23.0 Å². The van der Waals surface area contributed by atoms with Crippen LogP contribution in [0.2, 0.25) is 0 Å². The van der Waals surface area contributed by atoms with Crippen LogP contribution in [0.5, 0.6) is 17.2 Å². The van der Waals surface area contributed by atoms with Crippen LogP contribution in [0.3, 0.4) is 0 Å². The van der Waals surface area contributed by atoms with Crippen LogP contribution in [0.25, 0.3) is 0 Å². The van der Waals surface area contributed by atoms with Gasteiger partial charge in [0.1, 0.15) is 17.3 Å². The summed E-state index contributed by atoms with van der Waals surface area (Å²) in [5, 5.41) is 10.3. The number of rotatable bonds is 8. The van der Waals surface area contributed by atoms with Gasteiger partial charge < -0.3 is 24.7 Å². The van der Waals surface area contributed by atoms with E-state index >= 15 is 0 Å². The van der Waals surface area contributed by atoms with Crippen LogP contribution >= 0.6 is 0 Å². The highest BCUT2D eigenvalue weighted by Crippen LogP contribution is 2.34. The molecular formula is C25H25NO6. The SMILES string of the molecule is Cc1cc(=O)c(O)c([C@@H](CC(N)=O)c2cccc(OCCc3ccc4c(c3)CCO4)c2)o1. The van der Waals surface area contributed by atoms with E-state index in [2.05, 4.69) is 6.07 Å². The van der Waals surface area contributed by atoms with Gasteiger partial charge in [-0.1, -0.05) is 24.3 Å². The third-order valence-electron chi connectivity index (χ3n) is 5.47. The van der Waals surface area contributed by atoms with Crippen molar-refractivity contribution in [3.05, 3.63) is 87.0 Å². The van der Waals surface area contributed by atoms with Crippen LogP contribution in [0, 0.1) is 6.92 Å². The lowest BCUT2D eigenvalue weighted by atomic mass is 9.91. The molecule has 0 spiro atoms. The van der Waals surface area contributed by atoms with Crippen molar-refractivity contribution in [2.75, 3.05) is 13.2 Å². The van der Waals surface area contributed by atoms with Gasteiger partial charge in [-0.25, -0.2) is 0 Å². The molecule has 0 aliphatic carbocycles. The van der Waals surface area contributed by atoms with Crippen molar-refractivity contribution in [2.45, 2.75) is 32.1 Å². The summed E-state index contributed by atoms with van der Waals surface area (Å²) in [5.74, 6) is 0.111. The molecule has 0 saturated heterocycles. The first-order valence-corrected chi connectivity index (χ1v) is 10.5. The van der Waals surface area contributed by atoms with E-state index in [0.717, 1.165) is 25.2 Å². The Hall–Kier alpha value is -3.74. The molecule has 4 rings (SSSR count). The van der Waals surface area contributed by atoms with Crippen molar-refractivity contribution in [1.82, 2.24) is 0 Å². The molecule has 0 saturated carbocycles. The molecule has 3 aromatic rings. The summed E-state index contributed by atoms with van der Waals surface area (Å²) in [6, 6.07) is 14.5. The lowest BCUT2D eigenvalue weighted by Gasteiger charge is -2.17. The summed E-state index contributed by atoms with van der Waals surface area (Å²) in [4.78, 5) is 23.7. The second kappa shape index (κ2) is 9.18. The molecule has 1 aliphatic rings. The predicted molar refractivity (Wildman–Crippen MR) is 118 cm³/mol. The number of nitrogens with two attached hydrogens (primary N) is 1. The lowest BCUT2D eigenvalue weighted by Crippen LogP contribution is -2.18. The molecule has 0 fully saturated rings. The number of hydrogen-bond donors (Lipinski definition) is 2. The fourth-order valence-electron chi connectivity index (χ4n) is 3.93. The number of amides is 1. The average molecular weight is 435 g/mol. The summed E-state index contributed by atoms with van der Waals surface area (Å²) in [6.07, 6.45) is 1.53. The molecule has 1 amide bonds. The van der Waals surface area contributed by atoms with Gasteiger partial charge in [0.15, 0.2) is 5.76 Å². The van der Waals surface area contributed by atoms with Crippen LogP contribution < -0.4 is 20.6 Å². The maximum absolute atomic E-state index is 12.0. The zero-order chi connectivity index (χ0) is 22.7. The van der Waals surface area contributed by atoms with Crippen molar-refractivity contribution in [3.8, 4) is 17.2 Å². The van der Waals surface area contributed by atoms with Crippen LogP contribution in [-0.2, 0) is 17.6 Å². The summed E-state index contributed by atoms with van der Waals surface area (Å²) in [5.41, 5.74) is 7.91. The smallest absolute Gasteiger partial charge is 0.227 e. The van der Waals surface area contributed by atoms with Crippen molar-refractivity contribution >= 4 is 5.91 Å². The molecule has 1 aliphatic heterocycles. The third kappa shape index (κ3) is 4.77. The highest BCUT2D eigenvalue weighted by molar-refractivity contribution is 5.75. The molecule has 32 heavy (non-hydrogen) atoms. The Balaban J connectivity index is 1.52. The number of carbonyl (C=O) groups excluding carboxylic acids is 1. The molecule has 3 N–H and O–H groups in total. The van der Waals surface area contributed by atoms with E-state index in [1.54, 1.807) is 25.1 Å². The maximum atomic E-state index is 12.0. The van der Waals surface area contributed by atoms with Gasteiger partial charge in [-0.2, -0.15) is 0 Å². The highest BCUT2D eigenvalue weighted by atomic mass is 16.5. The topological polar surface area (TPSA) is 112 Å². The Bertz CT molecular complexity index is 1200. The van der Waals surface area contributed by atoms with Crippen LogP contribution in [0.1, 0.15) is 40.5 Å². The van der Waals surface area contributed by atoms with Gasteiger partial charge >= 0.3 is 0 Å². The van der Waals surface area contributed by atoms with Crippen molar-refractivity contribution < 1.29 is 23.8 Å². The number of ether oxygens (including phenoxy) is 2. The molecule has 7 nitrogen and oxygen atoms in total. The number of aryl methyl sites for hydroxylation is 1. The van der Waals surface area contributed by atoms with Crippen LogP contribution in [0.4, 0.5) is 0 Å². The molecule has 0 bridgehead atoms. The van der Waals surface area contributed by atoms with Gasteiger partial charge in [0.25, 0.3) is 0 Å². The minimum Gasteiger partial charge on any atom is -0.502 e. The molecule has 7 heteroatoms. The van der Waals surface area contributed by atoms with Gasteiger partial charge in [-0.3, -0.25) is 9.59 Å². The van der Waals surface area contributed by atoms with E-state index in [9.17, 15) is 14.7 Å². The lowest BCUT2D eigenvalue weighted by molar-refractivity contribution is -0.118. The van der Waals surface area contributed by atoms with Gasteiger partial charge in [0.2, 0.25) is 17.1 Å². The van der Waals surface area contributed by atoms with Gasteiger partial charge in [0.05, 0.1) is 19.1 Å². The average Bonchev–Trinajstić information content (AvgIpc) is 3.23. The first kappa shape index (κ1) is 21.5. The van der Waals surface area contributed by atoms with Gasteiger partial charge in [-0.15, -0.1) is 0 Å². The van der Waals surface area contributed by atoms with E-state index in [0.29, 0.717) is 23.7 Å². The zero-order valence-electron chi connectivity index (χ0n) is 17.8. The van der Waals surface area contributed by atoms with Gasteiger partial charge in [-0.05, 0) is 41.8 Å². The number of fused-ring (bicyclic) bond motifs is 1. The van der Waals surface area contributed by atoms with Crippen molar-refractivity contribution in [3.63, 3.8) is 0 Å². The highest BCUT2D eigenvalue weighted by Gasteiger charge is 2.25. The predicted octanol–water partition coefficient (Wildman–Crippen LogP) is 3.22. The Kier molecular flexibility index (Phi) is 6.16. The summed E-state index contributed by atoms with van der Waals surface area (Å²) >= 11 is 0. The second-order valence-electron chi connectivity index (χ2n) is 7.87.